The van der Waals surface area contributed by atoms with Crippen LogP contribution >= 0.6 is 0 Å². The largest absolute Gasteiger partial charge is 0.508 e. The number of aliphatic hydroxyl groups is 6. The zero-order valence-corrected chi connectivity index (χ0v) is 46.1. The Hall–Kier alpha value is -11.1. The Morgan fingerprint density at radius 1 is 0.396 bits per heavy atom. The number of carbonyl (C=O) groups is 7. The molecule has 0 amide bonds. The zero-order chi connectivity index (χ0) is 66.2. The highest BCUT2D eigenvalue weighted by Crippen LogP contribution is 2.42. The van der Waals surface area contributed by atoms with Gasteiger partial charge < -0.3 is 115 Å². The third kappa shape index (κ3) is 12.7. The Labute approximate surface area is 508 Å². The first-order valence-electron chi connectivity index (χ1n) is 26.5. The molecule has 7 aromatic carbocycles. The van der Waals surface area contributed by atoms with E-state index in [-0.39, 0.29) is 39.6 Å². The minimum Gasteiger partial charge on any atom is -0.508 e. The van der Waals surface area contributed by atoms with Gasteiger partial charge >= 0.3 is 17.9 Å². The van der Waals surface area contributed by atoms with E-state index >= 15 is 0 Å². The molecule has 2 aliphatic heterocycles. The Bertz CT molecular complexity index is 3910. The number of carbonyl (C=O) groups excluding carboxylic acids is 7. The zero-order valence-electron chi connectivity index (χ0n) is 46.1. The Morgan fingerprint density at radius 2 is 0.824 bits per heavy atom. The number of phenols is 11. The summed E-state index contributed by atoms with van der Waals surface area (Å²) in [6.07, 6.45) is -18.2. The molecule has 0 saturated carbocycles. The fourth-order valence-corrected chi connectivity index (χ4v) is 9.73. The first kappa shape index (κ1) is 64.4. The Balaban J connectivity index is 0.000000181. The molecule has 2 heterocycles. The molecule has 4 aliphatic rings. The van der Waals surface area contributed by atoms with Crippen molar-refractivity contribution in [3.05, 3.63) is 176 Å². The Morgan fingerprint density at radius 3 is 1.30 bits per heavy atom. The van der Waals surface area contributed by atoms with Gasteiger partial charge in [-0.1, -0.05) is 60.7 Å². The van der Waals surface area contributed by atoms with Crippen LogP contribution in [0.2, 0.25) is 0 Å². The van der Waals surface area contributed by atoms with Crippen molar-refractivity contribution in [2.75, 3.05) is 13.2 Å². The molecule has 11 rings (SSSR count). The molecule has 10 unspecified atom stereocenters. The van der Waals surface area contributed by atoms with Crippen LogP contribution in [0.25, 0.3) is 0 Å². The van der Waals surface area contributed by atoms with Crippen LogP contribution in [-0.4, -0.2) is 202 Å². The quantitative estimate of drug-likeness (QED) is 0.0520. The molecule has 17 N–H and O–H groups in total. The van der Waals surface area contributed by atoms with Crippen molar-refractivity contribution in [3.63, 3.8) is 0 Å². The molecule has 0 aromatic heterocycles. The number of ketones is 4. The first-order valence-corrected chi connectivity index (χ1v) is 26.5. The van der Waals surface area contributed by atoms with Crippen LogP contribution in [0, 0.1) is 0 Å². The van der Waals surface area contributed by atoms with E-state index in [1.165, 1.54) is 18.2 Å². The van der Waals surface area contributed by atoms with Crippen molar-refractivity contribution in [3.8, 4) is 69.0 Å². The van der Waals surface area contributed by atoms with Crippen molar-refractivity contribution in [2.45, 2.75) is 61.4 Å². The molecular weight excluding hydrogens is 1210 g/mol. The van der Waals surface area contributed by atoms with Gasteiger partial charge in [-0.3, -0.25) is 19.2 Å². The highest BCUT2D eigenvalue weighted by atomic mass is 16.7. The standard InChI is InChI=1S/C27H24O18.C20H18O10.C14H8O2/c28-11-1-8(2-12(29)18(11)34)24(39)42-7-17-21(37)23(44-25(40)9-3-13(30)19(35)14(31)4-9)22(38)27(43-17)45-26(41)10-5-15(32)20(36)16(33)6-10;21-6-12-16(25)18(27)19(28)20(30-12)29-11-5-7(22)4-9-14(11)17(26)13-8(15(9)24)2-1-3-10(13)23;15-13-9-5-1-2-6-10(9)14(16)12-8-4-3-7-11(12)13/h1-6,17,21-23,27-38H,7H2;1-5,12,16,18-23,25,27-28H,6H2;1-8H. The SMILES string of the molecule is O=C(OCC1OC(OC(=O)c2cc(O)c(O)c(O)c2)C(O)C(OC(=O)c2cc(O)c(O)c(O)c2)C1O)c1cc(O)c(O)c(O)c1.O=C1c2cccc(O)c2C(=O)c2c(OC3OC(CO)C(O)C(O)C3O)cc(O)cc21.O=C1c2ccccc2C(=O)c2ccccc21. The molecule has 2 saturated heterocycles. The molecule has 30 nitrogen and oxygen atoms in total. The van der Waals surface area contributed by atoms with E-state index in [9.17, 15) is 120 Å². The van der Waals surface area contributed by atoms with Crippen LogP contribution in [0.4, 0.5) is 0 Å². The summed E-state index contributed by atoms with van der Waals surface area (Å²) >= 11 is 0. The lowest BCUT2D eigenvalue weighted by atomic mass is 9.83. The van der Waals surface area contributed by atoms with Crippen molar-refractivity contribution < 1.29 is 149 Å². The van der Waals surface area contributed by atoms with Crippen LogP contribution in [0.1, 0.15) is 94.8 Å². The molecule has 0 radical (unpaired) electrons. The van der Waals surface area contributed by atoms with Crippen molar-refractivity contribution in [1.29, 1.82) is 0 Å². The second-order valence-corrected chi connectivity index (χ2v) is 20.3. The maximum atomic E-state index is 13.1. The predicted molar refractivity (Wildman–Crippen MR) is 297 cm³/mol. The number of hydrogen-bond donors (Lipinski definition) is 17. The van der Waals surface area contributed by atoms with Crippen LogP contribution in [0.3, 0.4) is 0 Å². The molecule has 91 heavy (non-hydrogen) atoms. The van der Waals surface area contributed by atoms with Crippen LogP contribution in [0.15, 0.2) is 115 Å². The third-order valence-electron chi connectivity index (χ3n) is 14.4. The highest BCUT2D eigenvalue weighted by Gasteiger charge is 2.50. The van der Waals surface area contributed by atoms with Gasteiger partial charge in [0.05, 0.1) is 34.4 Å². The fourth-order valence-electron chi connectivity index (χ4n) is 9.73. The van der Waals surface area contributed by atoms with E-state index < -0.39 is 184 Å². The van der Waals surface area contributed by atoms with Crippen LogP contribution in [0.5, 0.6) is 69.0 Å². The van der Waals surface area contributed by atoms with Crippen molar-refractivity contribution >= 4 is 41.0 Å². The van der Waals surface area contributed by atoms with Gasteiger partial charge in [-0.2, -0.15) is 0 Å². The van der Waals surface area contributed by atoms with Crippen LogP contribution < -0.4 is 4.74 Å². The average molecular weight is 1260 g/mol. The molecule has 2 fully saturated rings. The van der Waals surface area contributed by atoms with Crippen molar-refractivity contribution in [2.24, 2.45) is 0 Å². The number of phenolic OH excluding ortho intramolecular Hbond substituents is 11. The van der Waals surface area contributed by atoms with Gasteiger partial charge in [0, 0.05) is 39.4 Å². The van der Waals surface area contributed by atoms with E-state index in [0.29, 0.717) is 46.5 Å². The summed E-state index contributed by atoms with van der Waals surface area (Å²) in [6.45, 7) is -1.61. The summed E-state index contributed by atoms with van der Waals surface area (Å²) in [5.74, 6) is -15.0. The van der Waals surface area contributed by atoms with Gasteiger partial charge in [-0.25, -0.2) is 14.4 Å². The number of benzene rings is 7. The molecule has 10 atom stereocenters. The minimum atomic E-state index is -2.19. The molecule has 0 bridgehead atoms. The molecule has 2 aliphatic carbocycles. The maximum absolute atomic E-state index is 13.1. The molecule has 474 valence electrons. The van der Waals surface area contributed by atoms with E-state index in [1.807, 2.05) is 0 Å². The normalized spacial score (nSPS) is 22.0. The summed E-state index contributed by atoms with van der Waals surface area (Å²) in [5, 5.41) is 168. The number of esters is 3. The molecular formula is C61H50O30. The summed E-state index contributed by atoms with van der Waals surface area (Å²) in [6, 6.07) is 24.2. The van der Waals surface area contributed by atoms with E-state index in [0.717, 1.165) is 24.3 Å². The number of ether oxygens (including phenoxy) is 6. The number of aromatic hydroxyl groups is 11. The lowest BCUT2D eigenvalue weighted by Gasteiger charge is -2.41. The first-order chi connectivity index (χ1) is 43.1. The van der Waals surface area contributed by atoms with Crippen LogP contribution in [-0.2, 0) is 23.7 Å². The minimum absolute atomic E-state index is 0.0445. The van der Waals surface area contributed by atoms with Gasteiger partial charge in [0.25, 0.3) is 0 Å². The van der Waals surface area contributed by atoms with E-state index in [1.54, 1.807) is 48.5 Å². The van der Waals surface area contributed by atoms with Gasteiger partial charge in [0.2, 0.25) is 18.4 Å². The summed E-state index contributed by atoms with van der Waals surface area (Å²) < 4.78 is 31.3. The maximum Gasteiger partial charge on any atom is 0.340 e. The van der Waals surface area contributed by atoms with Crippen molar-refractivity contribution in [1.82, 2.24) is 0 Å². The second-order valence-electron chi connectivity index (χ2n) is 20.3. The molecule has 0 spiro atoms. The van der Waals surface area contributed by atoms with Gasteiger partial charge in [0.1, 0.15) is 60.5 Å². The summed E-state index contributed by atoms with van der Waals surface area (Å²) in [7, 11) is 0. The monoisotopic (exact) mass is 1260 g/mol. The molecule has 7 aromatic rings. The van der Waals surface area contributed by atoms with Gasteiger partial charge in [-0.05, 0) is 48.5 Å². The average Bonchev–Trinajstić information content (AvgIpc) is 0.751. The lowest BCUT2D eigenvalue weighted by Crippen LogP contribution is -2.61. The fraction of sp³-hybridized carbons (Fsp3) is 0.197. The number of aliphatic hydroxyl groups excluding tert-OH is 6. The van der Waals surface area contributed by atoms with E-state index in [2.05, 4.69) is 0 Å². The predicted octanol–water partition coefficient (Wildman–Crippen LogP) is 1.24. The lowest BCUT2D eigenvalue weighted by molar-refractivity contribution is -0.284. The summed E-state index contributed by atoms with van der Waals surface area (Å²) in [4.78, 5) is 88.2. The van der Waals surface area contributed by atoms with E-state index in [4.69, 9.17) is 28.4 Å². The molecule has 30 heteroatoms. The number of rotatable bonds is 10. The number of hydrogen-bond acceptors (Lipinski definition) is 30. The van der Waals surface area contributed by atoms with Gasteiger partial charge in [-0.15, -0.1) is 0 Å². The number of fused-ring (bicyclic) bond motifs is 4. The highest BCUT2D eigenvalue weighted by molar-refractivity contribution is 6.30. The second kappa shape index (κ2) is 25.9. The smallest absolute Gasteiger partial charge is 0.340 e. The Kier molecular flexibility index (Phi) is 18.3. The summed E-state index contributed by atoms with van der Waals surface area (Å²) in [5.41, 5.74) is -0.332. The topological polar surface area (TPSA) is 519 Å². The van der Waals surface area contributed by atoms with Gasteiger partial charge in [0.15, 0.2) is 81.3 Å². The third-order valence-corrected chi connectivity index (χ3v) is 14.4.